The van der Waals surface area contributed by atoms with Crippen LogP contribution in [0.3, 0.4) is 0 Å². The summed E-state index contributed by atoms with van der Waals surface area (Å²) >= 11 is 27.5. The van der Waals surface area contributed by atoms with E-state index in [9.17, 15) is 14.4 Å². The van der Waals surface area contributed by atoms with Gasteiger partial charge in [-0.3, -0.25) is 14.4 Å². The van der Waals surface area contributed by atoms with Crippen molar-refractivity contribution in [1.29, 1.82) is 0 Å². The zero-order valence-corrected chi connectivity index (χ0v) is 31.4. The van der Waals surface area contributed by atoms with Gasteiger partial charge in [0.15, 0.2) is 5.13 Å². The van der Waals surface area contributed by atoms with Crippen LogP contribution in [0.1, 0.15) is 26.7 Å². The molecular weight excluding hydrogens is 778 g/mol. The highest BCUT2D eigenvalue weighted by Gasteiger charge is 2.24. The lowest BCUT2D eigenvalue weighted by Gasteiger charge is -2.17. The van der Waals surface area contributed by atoms with E-state index >= 15 is 0 Å². The average Bonchev–Trinajstić information content (AvgIpc) is 3.60. The van der Waals surface area contributed by atoms with Crippen LogP contribution < -0.4 is 16.0 Å². The van der Waals surface area contributed by atoms with Crippen molar-refractivity contribution in [2.75, 3.05) is 10.6 Å². The van der Waals surface area contributed by atoms with Gasteiger partial charge in [-0.1, -0.05) is 107 Å². The zero-order valence-electron chi connectivity index (χ0n) is 26.8. The SMILES string of the molecule is O=C(Nc1cccc(SC(C(=O)Nc2nc(-c3ccc(Cl)cc3Cl)cs2)c2ccccc2)c1)/C(=C\c1ccc(Cl)cc1Cl)NC(=O)c1ccccc1. The number of hydrogen-bond acceptors (Lipinski definition) is 6. The summed E-state index contributed by atoms with van der Waals surface area (Å²) in [7, 11) is 0. The molecule has 6 rings (SSSR count). The first-order valence-electron chi connectivity index (χ1n) is 15.5. The molecular formula is C39H26Cl4N4O3S2. The third-order valence-corrected chi connectivity index (χ3v) is 10.5. The van der Waals surface area contributed by atoms with Crippen LogP contribution in [0.2, 0.25) is 20.1 Å². The van der Waals surface area contributed by atoms with Gasteiger partial charge >= 0.3 is 0 Å². The molecule has 0 aliphatic rings. The van der Waals surface area contributed by atoms with Gasteiger partial charge in [0.2, 0.25) is 5.91 Å². The number of benzene rings is 5. The van der Waals surface area contributed by atoms with E-state index in [1.165, 1.54) is 29.2 Å². The summed E-state index contributed by atoms with van der Waals surface area (Å²) in [5.41, 5.74) is 3.33. The summed E-state index contributed by atoms with van der Waals surface area (Å²) < 4.78 is 0. The van der Waals surface area contributed by atoms with Crippen molar-refractivity contribution < 1.29 is 14.4 Å². The van der Waals surface area contributed by atoms with Crippen molar-refractivity contribution in [2.24, 2.45) is 0 Å². The van der Waals surface area contributed by atoms with Crippen LogP contribution in [0.5, 0.6) is 0 Å². The Kier molecular flexibility index (Phi) is 12.3. The summed E-state index contributed by atoms with van der Waals surface area (Å²) in [5, 5.41) is 11.8. The fraction of sp³-hybridized carbons (Fsp3) is 0.0256. The smallest absolute Gasteiger partial charge is 0.272 e. The number of aromatic nitrogens is 1. The molecule has 0 saturated heterocycles. The molecule has 13 heteroatoms. The Bertz CT molecular complexity index is 2280. The predicted molar refractivity (Wildman–Crippen MR) is 215 cm³/mol. The van der Waals surface area contributed by atoms with E-state index in [1.807, 2.05) is 41.8 Å². The Labute approximate surface area is 328 Å². The van der Waals surface area contributed by atoms with E-state index in [2.05, 4.69) is 20.9 Å². The van der Waals surface area contributed by atoms with Crippen molar-refractivity contribution in [1.82, 2.24) is 10.3 Å². The molecule has 1 heterocycles. The number of carbonyl (C=O) groups is 3. The van der Waals surface area contributed by atoms with Crippen LogP contribution >= 0.6 is 69.5 Å². The molecule has 3 N–H and O–H groups in total. The lowest BCUT2D eigenvalue weighted by Crippen LogP contribution is -2.30. The number of hydrogen-bond donors (Lipinski definition) is 3. The van der Waals surface area contributed by atoms with E-state index in [-0.39, 0.29) is 11.6 Å². The van der Waals surface area contributed by atoms with Gasteiger partial charge in [0.25, 0.3) is 11.8 Å². The molecule has 0 aliphatic heterocycles. The van der Waals surface area contributed by atoms with Crippen molar-refractivity contribution >= 4 is 104 Å². The minimum Gasteiger partial charge on any atom is -0.321 e. The van der Waals surface area contributed by atoms with E-state index < -0.39 is 17.1 Å². The van der Waals surface area contributed by atoms with Crippen molar-refractivity contribution in [3.63, 3.8) is 0 Å². The zero-order chi connectivity index (χ0) is 36.6. The van der Waals surface area contributed by atoms with Crippen molar-refractivity contribution in [2.45, 2.75) is 10.1 Å². The molecule has 1 unspecified atom stereocenters. The molecule has 7 nitrogen and oxygen atoms in total. The number of halogens is 4. The monoisotopic (exact) mass is 802 g/mol. The number of anilines is 2. The van der Waals surface area contributed by atoms with Gasteiger partial charge in [0.1, 0.15) is 10.9 Å². The Morgan fingerprint density at radius 2 is 1.42 bits per heavy atom. The van der Waals surface area contributed by atoms with Gasteiger partial charge in [-0.2, -0.15) is 0 Å². The van der Waals surface area contributed by atoms with Gasteiger partial charge in [0, 0.05) is 42.2 Å². The lowest BCUT2D eigenvalue weighted by molar-refractivity contribution is -0.116. The fourth-order valence-corrected chi connectivity index (χ4v) is 7.69. The van der Waals surface area contributed by atoms with E-state index in [0.717, 1.165) is 5.56 Å². The summed E-state index contributed by atoms with van der Waals surface area (Å²) in [6, 6.07) is 34.9. The number of nitrogens with one attached hydrogen (secondary N) is 3. The van der Waals surface area contributed by atoms with Crippen LogP contribution in [0.25, 0.3) is 17.3 Å². The molecule has 6 aromatic rings. The first kappa shape index (κ1) is 37.2. The maximum atomic E-state index is 13.8. The van der Waals surface area contributed by atoms with Crippen LogP contribution in [0.15, 0.2) is 137 Å². The van der Waals surface area contributed by atoms with Crippen LogP contribution in [-0.4, -0.2) is 22.7 Å². The molecule has 260 valence electrons. The second-order valence-electron chi connectivity index (χ2n) is 11.1. The summed E-state index contributed by atoms with van der Waals surface area (Å²) in [4.78, 5) is 45.9. The molecule has 0 spiro atoms. The maximum Gasteiger partial charge on any atom is 0.272 e. The quantitative estimate of drug-likeness (QED) is 0.0894. The number of thiazole rings is 1. The highest BCUT2D eigenvalue weighted by atomic mass is 35.5. The van der Waals surface area contributed by atoms with E-state index in [0.29, 0.717) is 58.2 Å². The van der Waals surface area contributed by atoms with E-state index in [4.69, 9.17) is 46.4 Å². The van der Waals surface area contributed by atoms with Gasteiger partial charge in [0.05, 0.1) is 10.7 Å². The van der Waals surface area contributed by atoms with Gasteiger partial charge in [-0.15, -0.1) is 23.1 Å². The first-order valence-corrected chi connectivity index (χ1v) is 18.8. The molecule has 5 aromatic carbocycles. The average molecular weight is 805 g/mol. The molecule has 52 heavy (non-hydrogen) atoms. The minimum absolute atomic E-state index is 0.0413. The second-order valence-corrected chi connectivity index (χ2v) is 14.8. The van der Waals surface area contributed by atoms with Crippen LogP contribution in [0, 0.1) is 0 Å². The summed E-state index contributed by atoms with van der Waals surface area (Å²) in [6.45, 7) is 0. The molecule has 3 amide bonds. The van der Waals surface area contributed by atoms with Crippen LogP contribution in [0.4, 0.5) is 10.8 Å². The Morgan fingerprint density at radius 3 is 2.13 bits per heavy atom. The Balaban J connectivity index is 1.22. The summed E-state index contributed by atoms with van der Waals surface area (Å²) in [5.74, 6) is -1.35. The lowest BCUT2D eigenvalue weighted by atomic mass is 10.1. The molecule has 0 bridgehead atoms. The topological polar surface area (TPSA) is 100 Å². The van der Waals surface area contributed by atoms with Crippen molar-refractivity contribution in [3.05, 3.63) is 169 Å². The summed E-state index contributed by atoms with van der Waals surface area (Å²) in [6.07, 6.45) is 1.48. The molecule has 0 radical (unpaired) electrons. The number of carbonyl (C=O) groups excluding carboxylic acids is 3. The molecule has 0 fully saturated rings. The van der Waals surface area contributed by atoms with Gasteiger partial charge in [-0.05, 0) is 77.9 Å². The third kappa shape index (κ3) is 9.63. The fourth-order valence-electron chi connectivity index (χ4n) is 4.92. The van der Waals surface area contributed by atoms with Crippen molar-refractivity contribution in [3.8, 4) is 11.3 Å². The molecule has 1 aromatic heterocycles. The van der Waals surface area contributed by atoms with Gasteiger partial charge < -0.3 is 16.0 Å². The number of nitrogens with zero attached hydrogens (tertiary/aromatic N) is 1. The highest BCUT2D eigenvalue weighted by molar-refractivity contribution is 8.00. The largest absolute Gasteiger partial charge is 0.321 e. The number of amides is 3. The predicted octanol–water partition coefficient (Wildman–Crippen LogP) is 11.3. The molecule has 0 saturated carbocycles. The number of rotatable bonds is 11. The normalized spacial score (nSPS) is 11.8. The standard InChI is InChI=1S/C39H26Cl4N4O3S2/c40-26-15-14-25(31(42)19-26)18-33(45-36(48)24-10-5-2-6-11-24)37(49)44-28-12-7-13-29(21-28)52-35(23-8-3-1-4-9-23)38(50)47-39-46-34(22-51-39)30-17-16-27(41)20-32(30)43/h1-22,35H,(H,44,49)(H,45,48)(H,46,47,50)/b33-18+. The third-order valence-electron chi connectivity index (χ3n) is 7.42. The first-order chi connectivity index (χ1) is 25.1. The van der Waals surface area contributed by atoms with Crippen LogP contribution in [-0.2, 0) is 9.59 Å². The maximum absolute atomic E-state index is 13.8. The Morgan fingerprint density at radius 1 is 0.731 bits per heavy atom. The number of thioether (sulfide) groups is 1. The Hall–Kier alpha value is -4.61. The molecule has 0 aliphatic carbocycles. The minimum atomic E-state index is -0.675. The second kappa shape index (κ2) is 17.3. The van der Waals surface area contributed by atoms with E-state index in [1.54, 1.807) is 84.9 Å². The highest BCUT2D eigenvalue weighted by Crippen LogP contribution is 2.38. The molecule has 1 atom stereocenters. The van der Waals surface area contributed by atoms with Gasteiger partial charge in [-0.25, -0.2) is 4.98 Å².